The van der Waals surface area contributed by atoms with Gasteiger partial charge in [0.15, 0.2) is 6.61 Å². The maximum Gasteiger partial charge on any atom is 0.326 e. The average Bonchev–Trinajstić information content (AvgIpc) is 3.00. The summed E-state index contributed by atoms with van der Waals surface area (Å²) in [5.74, 6) is -0.935. The third-order valence-electron chi connectivity index (χ3n) is 3.73. The summed E-state index contributed by atoms with van der Waals surface area (Å²) in [5.41, 5.74) is 2.98. The Balaban J connectivity index is 1.55. The van der Waals surface area contributed by atoms with E-state index < -0.39 is 11.9 Å². The van der Waals surface area contributed by atoms with Gasteiger partial charge in [0, 0.05) is 10.7 Å². The van der Waals surface area contributed by atoms with Gasteiger partial charge in [-0.25, -0.2) is 4.98 Å². The first-order chi connectivity index (χ1) is 12.0. The lowest BCUT2D eigenvalue weighted by Gasteiger charge is -2.10. The van der Waals surface area contributed by atoms with Crippen LogP contribution in [0.3, 0.4) is 0 Å². The van der Waals surface area contributed by atoms with Gasteiger partial charge in [-0.15, -0.1) is 0 Å². The minimum absolute atomic E-state index is 0.00993. The Morgan fingerprint density at radius 3 is 2.84 bits per heavy atom. The fraction of sp³-hybridized carbons (Fsp3) is 0.167. The van der Waals surface area contributed by atoms with Gasteiger partial charge in [0.2, 0.25) is 0 Å². The van der Waals surface area contributed by atoms with Gasteiger partial charge in [0.05, 0.1) is 17.4 Å². The number of ether oxygens (including phenoxy) is 1. The molecule has 0 radical (unpaired) electrons. The maximum absolute atomic E-state index is 12.0. The molecule has 0 spiro atoms. The molecule has 3 rings (SSSR count). The number of esters is 1. The minimum atomic E-state index is -0.513. The molecule has 6 nitrogen and oxygen atoms in total. The van der Waals surface area contributed by atoms with Crippen molar-refractivity contribution >= 4 is 40.2 Å². The van der Waals surface area contributed by atoms with Gasteiger partial charge in [-0.2, -0.15) is 0 Å². The molecule has 0 aliphatic rings. The van der Waals surface area contributed by atoms with Crippen LogP contribution in [0.2, 0.25) is 5.02 Å². The van der Waals surface area contributed by atoms with E-state index in [1.165, 1.54) is 0 Å². The van der Waals surface area contributed by atoms with E-state index in [0.717, 1.165) is 16.6 Å². The number of aromatic nitrogens is 2. The Hall–Kier alpha value is -2.86. The zero-order chi connectivity index (χ0) is 17.8. The number of rotatable bonds is 5. The first kappa shape index (κ1) is 17.0. The molecule has 3 aromatic rings. The Labute approximate surface area is 149 Å². The van der Waals surface area contributed by atoms with Gasteiger partial charge in [-0.1, -0.05) is 29.8 Å². The zero-order valence-corrected chi connectivity index (χ0v) is 14.3. The SMILES string of the molecule is Cc1c(Cl)cccc1NC(=O)COC(=O)Cn1cnc2ccccc21. The number of halogens is 1. The zero-order valence-electron chi connectivity index (χ0n) is 13.5. The van der Waals surface area contributed by atoms with E-state index in [4.69, 9.17) is 16.3 Å². The molecule has 0 saturated heterocycles. The molecule has 128 valence electrons. The van der Waals surface area contributed by atoms with Crippen molar-refractivity contribution in [2.75, 3.05) is 11.9 Å². The van der Waals surface area contributed by atoms with Gasteiger partial charge in [-0.3, -0.25) is 9.59 Å². The van der Waals surface area contributed by atoms with Gasteiger partial charge in [-0.05, 0) is 36.8 Å². The maximum atomic E-state index is 12.0. The van der Waals surface area contributed by atoms with Crippen molar-refractivity contribution in [3.8, 4) is 0 Å². The highest BCUT2D eigenvalue weighted by atomic mass is 35.5. The molecule has 0 bridgehead atoms. The quantitative estimate of drug-likeness (QED) is 0.712. The number of carbonyl (C=O) groups is 2. The summed E-state index contributed by atoms with van der Waals surface area (Å²) >= 11 is 6.01. The van der Waals surface area contributed by atoms with Crippen LogP contribution in [0, 0.1) is 6.92 Å². The largest absolute Gasteiger partial charge is 0.454 e. The number of hydrogen-bond donors (Lipinski definition) is 1. The summed E-state index contributed by atoms with van der Waals surface area (Å²) in [7, 11) is 0. The van der Waals surface area contributed by atoms with Crippen LogP contribution in [-0.4, -0.2) is 28.0 Å². The molecular weight excluding hydrogens is 342 g/mol. The van der Waals surface area contributed by atoms with Crippen molar-refractivity contribution in [3.63, 3.8) is 0 Å². The number of nitrogens with one attached hydrogen (secondary N) is 1. The number of benzene rings is 2. The third-order valence-corrected chi connectivity index (χ3v) is 4.14. The number of anilines is 1. The summed E-state index contributed by atoms with van der Waals surface area (Å²) in [6.07, 6.45) is 1.57. The van der Waals surface area contributed by atoms with Crippen molar-refractivity contribution in [1.29, 1.82) is 0 Å². The molecule has 0 aliphatic carbocycles. The van der Waals surface area contributed by atoms with Crippen molar-refractivity contribution in [2.45, 2.75) is 13.5 Å². The average molecular weight is 358 g/mol. The molecule has 1 amide bonds. The van der Waals surface area contributed by atoms with Crippen molar-refractivity contribution in [2.24, 2.45) is 0 Å². The molecule has 0 aliphatic heterocycles. The van der Waals surface area contributed by atoms with Crippen molar-refractivity contribution in [1.82, 2.24) is 9.55 Å². The minimum Gasteiger partial charge on any atom is -0.454 e. The number of fused-ring (bicyclic) bond motifs is 1. The third kappa shape index (κ3) is 3.97. The molecule has 0 saturated carbocycles. The van der Waals surface area contributed by atoms with Crippen LogP contribution >= 0.6 is 11.6 Å². The summed E-state index contributed by atoms with van der Waals surface area (Å²) < 4.78 is 6.71. The molecule has 1 N–H and O–H groups in total. The topological polar surface area (TPSA) is 73.2 Å². The number of para-hydroxylation sites is 2. The molecule has 1 aromatic heterocycles. The molecule has 25 heavy (non-hydrogen) atoms. The van der Waals surface area contributed by atoms with Crippen LogP contribution in [0.25, 0.3) is 11.0 Å². The Morgan fingerprint density at radius 1 is 1.20 bits per heavy atom. The molecule has 2 aromatic carbocycles. The summed E-state index contributed by atoms with van der Waals surface area (Å²) in [5, 5.41) is 3.23. The van der Waals surface area contributed by atoms with E-state index in [0.29, 0.717) is 10.7 Å². The number of nitrogens with zero attached hydrogens (tertiary/aromatic N) is 2. The lowest BCUT2D eigenvalue weighted by molar-refractivity contribution is -0.147. The van der Waals surface area contributed by atoms with E-state index in [2.05, 4.69) is 10.3 Å². The van der Waals surface area contributed by atoms with Crippen LogP contribution in [-0.2, 0) is 20.9 Å². The summed E-state index contributed by atoms with van der Waals surface area (Å²) in [6, 6.07) is 12.7. The molecule has 0 fully saturated rings. The van der Waals surface area contributed by atoms with Crippen LogP contribution in [0.5, 0.6) is 0 Å². The lowest BCUT2D eigenvalue weighted by atomic mass is 10.2. The van der Waals surface area contributed by atoms with Crippen LogP contribution < -0.4 is 5.32 Å². The normalized spacial score (nSPS) is 10.6. The monoisotopic (exact) mass is 357 g/mol. The number of carbonyl (C=O) groups excluding carboxylic acids is 2. The molecule has 0 atom stereocenters. The van der Waals surface area contributed by atoms with Crippen molar-refractivity contribution in [3.05, 3.63) is 59.4 Å². The Morgan fingerprint density at radius 2 is 2.00 bits per heavy atom. The van der Waals surface area contributed by atoms with E-state index in [-0.39, 0.29) is 13.2 Å². The Bertz CT molecular complexity index is 936. The predicted octanol–water partition coefficient (Wildman–Crippen LogP) is 3.18. The standard InChI is InChI=1S/C18H16ClN3O3/c1-12-13(19)5-4-7-14(12)21-17(23)10-25-18(24)9-22-11-20-15-6-2-3-8-16(15)22/h2-8,11H,9-10H2,1H3,(H,21,23). The predicted molar refractivity (Wildman–Crippen MR) is 95.5 cm³/mol. The first-order valence-electron chi connectivity index (χ1n) is 7.65. The molecular formula is C18H16ClN3O3. The Kier molecular flexibility index (Phi) is 5.00. The van der Waals surface area contributed by atoms with Gasteiger partial charge >= 0.3 is 5.97 Å². The second kappa shape index (κ2) is 7.36. The van der Waals surface area contributed by atoms with E-state index in [1.807, 2.05) is 24.3 Å². The molecule has 0 unspecified atom stereocenters. The highest BCUT2D eigenvalue weighted by Crippen LogP contribution is 2.22. The number of hydrogen-bond acceptors (Lipinski definition) is 4. The highest BCUT2D eigenvalue weighted by Gasteiger charge is 2.12. The fourth-order valence-electron chi connectivity index (χ4n) is 2.40. The second-order valence-corrected chi connectivity index (χ2v) is 5.89. The molecule has 7 heteroatoms. The van der Waals surface area contributed by atoms with E-state index in [1.54, 1.807) is 36.0 Å². The van der Waals surface area contributed by atoms with Crippen LogP contribution in [0.4, 0.5) is 5.69 Å². The van der Waals surface area contributed by atoms with Gasteiger partial charge in [0.25, 0.3) is 5.91 Å². The number of imidazole rings is 1. The second-order valence-electron chi connectivity index (χ2n) is 5.48. The smallest absolute Gasteiger partial charge is 0.326 e. The fourth-order valence-corrected chi connectivity index (χ4v) is 2.57. The van der Waals surface area contributed by atoms with Crippen LogP contribution in [0.15, 0.2) is 48.8 Å². The lowest BCUT2D eigenvalue weighted by Crippen LogP contribution is -2.23. The van der Waals surface area contributed by atoms with E-state index in [9.17, 15) is 9.59 Å². The summed E-state index contributed by atoms with van der Waals surface area (Å²) in [4.78, 5) is 28.1. The highest BCUT2D eigenvalue weighted by molar-refractivity contribution is 6.31. The molecule has 1 heterocycles. The van der Waals surface area contributed by atoms with Crippen LogP contribution in [0.1, 0.15) is 5.56 Å². The summed E-state index contributed by atoms with van der Waals surface area (Å²) in [6.45, 7) is 1.43. The first-order valence-corrected chi connectivity index (χ1v) is 8.03. The van der Waals surface area contributed by atoms with Gasteiger partial charge < -0.3 is 14.6 Å². The van der Waals surface area contributed by atoms with E-state index >= 15 is 0 Å². The number of amides is 1. The van der Waals surface area contributed by atoms with Crippen molar-refractivity contribution < 1.29 is 14.3 Å². The van der Waals surface area contributed by atoms with Gasteiger partial charge in [0.1, 0.15) is 6.54 Å².